The van der Waals surface area contributed by atoms with Crippen LogP contribution in [-0.4, -0.2) is 37.0 Å². The molecule has 1 saturated heterocycles. The molecule has 5 nitrogen and oxygen atoms in total. The molecular formula is C23H31N3O2. The van der Waals surface area contributed by atoms with Crippen molar-refractivity contribution in [1.82, 2.24) is 10.6 Å². The van der Waals surface area contributed by atoms with Gasteiger partial charge in [-0.25, -0.2) is 0 Å². The first-order valence-corrected chi connectivity index (χ1v) is 11.0. The first-order valence-electron chi connectivity index (χ1n) is 11.0. The Morgan fingerprint density at radius 3 is 2.18 bits per heavy atom. The number of anilines is 1. The van der Waals surface area contributed by atoms with Gasteiger partial charge in [-0.05, 0) is 86.5 Å². The summed E-state index contributed by atoms with van der Waals surface area (Å²) in [5, 5.41) is 6.39. The van der Waals surface area contributed by atoms with Crippen LogP contribution < -0.4 is 15.5 Å². The highest BCUT2D eigenvalue weighted by atomic mass is 16.2. The first kappa shape index (κ1) is 18.0. The Labute approximate surface area is 167 Å². The van der Waals surface area contributed by atoms with Crippen LogP contribution in [0.3, 0.4) is 0 Å². The van der Waals surface area contributed by atoms with E-state index in [0.717, 1.165) is 42.6 Å². The number of nitrogens with zero attached hydrogens (tertiary/aromatic N) is 1. The van der Waals surface area contributed by atoms with Gasteiger partial charge in [-0.3, -0.25) is 9.59 Å². The van der Waals surface area contributed by atoms with Crippen molar-refractivity contribution >= 4 is 17.5 Å². The van der Waals surface area contributed by atoms with E-state index in [1.54, 1.807) is 6.92 Å². The summed E-state index contributed by atoms with van der Waals surface area (Å²) >= 11 is 0. The summed E-state index contributed by atoms with van der Waals surface area (Å²) in [6, 6.07) is 8.59. The minimum absolute atomic E-state index is 0.0312. The second-order valence-electron chi connectivity index (χ2n) is 9.61. The van der Waals surface area contributed by atoms with Crippen LogP contribution in [0.25, 0.3) is 0 Å². The summed E-state index contributed by atoms with van der Waals surface area (Å²) in [5.41, 5.74) is 1.88. The van der Waals surface area contributed by atoms with Crippen LogP contribution in [-0.2, 0) is 4.79 Å². The highest BCUT2D eigenvalue weighted by molar-refractivity contribution is 5.94. The average Bonchev–Trinajstić information content (AvgIpc) is 3.12. The Morgan fingerprint density at radius 2 is 1.57 bits per heavy atom. The molecule has 0 aromatic heterocycles. The topological polar surface area (TPSA) is 61.4 Å². The highest BCUT2D eigenvalue weighted by Gasteiger charge is 2.48. The molecule has 1 aliphatic heterocycles. The maximum Gasteiger partial charge on any atom is 0.251 e. The lowest BCUT2D eigenvalue weighted by Crippen LogP contribution is -2.55. The number of hydrogen-bond donors (Lipinski definition) is 2. The van der Waals surface area contributed by atoms with E-state index in [9.17, 15) is 9.59 Å². The van der Waals surface area contributed by atoms with Gasteiger partial charge in [-0.1, -0.05) is 0 Å². The maximum absolute atomic E-state index is 12.9. The van der Waals surface area contributed by atoms with Crippen LogP contribution in [0.1, 0.15) is 55.8 Å². The van der Waals surface area contributed by atoms with Crippen LogP contribution in [0.2, 0.25) is 0 Å². The Hall–Kier alpha value is -2.04. The van der Waals surface area contributed by atoms with E-state index in [4.69, 9.17) is 0 Å². The van der Waals surface area contributed by atoms with E-state index in [1.165, 1.54) is 32.1 Å². The predicted molar refractivity (Wildman–Crippen MR) is 109 cm³/mol. The molecule has 4 bridgehead atoms. The van der Waals surface area contributed by atoms with Gasteiger partial charge in [0.25, 0.3) is 5.91 Å². The molecule has 0 radical (unpaired) electrons. The lowest BCUT2D eigenvalue weighted by atomic mass is 9.54. The summed E-state index contributed by atoms with van der Waals surface area (Å²) < 4.78 is 0. The molecule has 1 unspecified atom stereocenters. The van der Waals surface area contributed by atoms with Crippen LogP contribution in [0.4, 0.5) is 5.69 Å². The van der Waals surface area contributed by atoms with Gasteiger partial charge in [0.2, 0.25) is 5.91 Å². The largest absolute Gasteiger partial charge is 0.369 e. The van der Waals surface area contributed by atoms with Crippen molar-refractivity contribution in [3.63, 3.8) is 0 Å². The second-order valence-corrected chi connectivity index (χ2v) is 9.61. The number of benzene rings is 1. The number of nitrogens with one attached hydrogen (secondary N) is 2. The molecule has 5 heteroatoms. The molecule has 5 aliphatic rings. The van der Waals surface area contributed by atoms with Gasteiger partial charge in [0.1, 0.15) is 0 Å². The number of carbonyl (C=O) groups is 2. The summed E-state index contributed by atoms with van der Waals surface area (Å²) in [7, 11) is 0. The molecule has 150 valence electrons. The van der Waals surface area contributed by atoms with Gasteiger partial charge in [-0.15, -0.1) is 0 Å². The predicted octanol–water partition coefficient (Wildman–Crippen LogP) is 2.96. The molecule has 1 aromatic carbocycles. The van der Waals surface area contributed by atoms with Crippen LogP contribution in [0.15, 0.2) is 24.3 Å². The molecule has 1 aromatic rings. The van der Waals surface area contributed by atoms with Crippen molar-refractivity contribution in [3.05, 3.63) is 29.8 Å². The molecule has 1 heterocycles. The first-order chi connectivity index (χ1) is 13.5. The zero-order valence-electron chi connectivity index (χ0n) is 16.7. The molecule has 0 spiro atoms. The zero-order valence-corrected chi connectivity index (χ0v) is 16.7. The van der Waals surface area contributed by atoms with Gasteiger partial charge in [-0.2, -0.15) is 0 Å². The molecule has 4 saturated carbocycles. The van der Waals surface area contributed by atoms with Gasteiger partial charge >= 0.3 is 0 Å². The van der Waals surface area contributed by atoms with Crippen molar-refractivity contribution in [2.24, 2.45) is 23.7 Å². The monoisotopic (exact) mass is 381 g/mol. The molecule has 2 amide bonds. The molecule has 28 heavy (non-hydrogen) atoms. The smallest absolute Gasteiger partial charge is 0.251 e. The Kier molecular flexibility index (Phi) is 4.56. The Balaban J connectivity index is 1.20. The summed E-state index contributed by atoms with van der Waals surface area (Å²) in [6.07, 6.45) is 7.69. The van der Waals surface area contributed by atoms with Crippen LogP contribution >= 0.6 is 0 Å². The van der Waals surface area contributed by atoms with E-state index in [1.807, 2.05) is 24.3 Å². The quantitative estimate of drug-likeness (QED) is 0.843. The number of rotatable bonds is 4. The van der Waals surface area contributed by atoms with E-state index >= 15 is 0 Å². The minimum atomic E-state index is 0.0312. The molecule has 1 atom stereocenters. The molecule has 4 aliphatic carbocycles. The van der Waals surface area contributed by atoms with E-state index < -0.39 is 0 Å². The molecule has 6 rings (SSSR count). The number of carbonyl (C=O) groups excluding carboxylic acids is 2. The Bertz CT molecular complexity index is 732. The summed E-state index contributed by atoms with van der Waals surface area (Å²) in [6.45, 7) is 3.34. The second kappa shape index (κ2) is 7.09. The van der Waals surface area contributed by atoms with E-state index in [2.05, 4.69) is 15.5 Å². The third-order valence-electron chi connectivity index (χ3n) is 7.61. The fourth-order valence-electron chi connectivity index (χ4n) is 6.62. The molecular weight excluding hydrogens is 350 g/mol. The summed E-state index contributed by atoms with van der Waals surface area (Å²) in [4.78, 5) is 26.4. The van der Waals surface area contributed by atoms with Crippen molar-refractivity contribution in [1.29, 1.82) is 0 Å². The van der Waals surface area contributed by atoms with Gasteiger partial charge in [0, 0.05) is 43.3 Å². The third-order valence-corrected chi connectivity index (χ3v) is 7.61. The van der Waals surface area contributed by atoms with Gasteiger partial charge in [0.15, 0.2) is 0 Å². The number of amides is 2. The van der Waals surface area contributed by atoms with Crippen molar-refractivity contribution in [3.8, 4) is 0 Å². The minimum Gasteiger partial charge on any atom is -0.369 e. The van der Waals surface area contributed by atoms with Crippen LogP contribution in [0, 0.1) is 23.7 Å². The lowest BCUT2D eigenvalue weighted by molar-refractivity contribution is -0.119. The molecule has 5 fully saturated rings. The van der Waals surface area contributed by atoms with Crippen molar-refractivity contribution < 1.29 is 9.59 Å². The van der Waals surface area contributed by atoms with Gasteiger partial charge in [0.05, 0.1) is 0 Å². The normalized spacial score (nSPS) is 35.8. The van der Waals surface area contributed by atoms with Crippen molar-refractivity contribution in [2.75, 3.05) is 18.0 Å². The fraction of sp³-hybridized carbons (Fsp3) is 0.652. The van der Waals surface area contributed by atoms with Gasteiger partial charge < -0.3 is 15.5 Å². The fourth-order valence-corrected chi connectivity index (χ4v) is 6.62. The Morgan fingerprint density at radius 1 is 0.929 bits per heavy atom. The third kappa shape index (κ3) is 3.40. The van der Waals surface area contributed by atoms with Crippen molar-refractivity contribution in [2.45, 2.75) is 57.5 Å². The molecule has 2 N–H and O–H groups in total. The van der Waals surface area contributed by atoms with Crippen LogP contribution in [0.5, 0.6) is 0 Å². The SMILES string of the molecule is CC(=O)NC1CCN(c2ccc(C(=O)NC3C4CC5CC(C4)CC3C5)cc2)C1. The van der Waals surface area contributed by atoms with E-state index in [-0.39, 0.29) is 17.9 Å². The lowest BCUT2D eigenvalue weighted by Gasteiger charge is -2.54. The zero-order chi connectivity index (χ0) is 19.3. The number of hydrogen-bond acceptors (Lipinski definition) is 3. The average molecular weight is 382 g/mol. The maximum atomic E-state index is 12.9. The summed E-state index contributed by atoms with van der Waals surface area (Å²) in [5.74, 6) is 3.38. The highest BCUT2D eigenvalue weighted by Crippen LogP contribution is 2.53. The standard InChI is InChI=1S/C23H31N3O2/c1-14(27)24-20-6-7-26(13-20)21-4-2-17(3-5-21)23(28)25-22-18-9-15-8-16(11-18)12-19(22)10-15/h2-5,15-16,18-20,22H,6-13H2,1H3,(H,24,27)(H,25,28). The van der Waals surface area contributed by atoms with E-state index in [0.29, 0.717) is 17.9 Å².